The zero-order valence-corrected chi connectivity index (χ0v) is 35.0. The van der Waals surface area contributed by atoms with Gasteiger partial charge in [-0.3, -0.25) is 27.5 Å². The molecule has 62 heavy (non-hydrogen) atoms. The van der Waals surface area contributed by atoms with Gasteiger partial charge in [0.15, 0.2) is 30.0 Å². The molecule has 9 N–H and O–H groups in total. The fourth-order valence-electron chi connectivity index (χ4n) is 6.69. The number of anilines is 2. The quantitative estimate of drug-likeness (QED) is 0.0391. The molecule has 0 aliphatic carbocycles. The minimum absolute atomic E-state index is 0.00111. The molecule has 2 aliphatic heterocycles. The molecular weight excluding hydrogens is 888 g/mol. The molecule has 0 bridgehead atoms. The van der Waals surface area contributed by atoms with Crippen LogP contribution >= 0.6 is 27.2 Å². The lowest BCUT2D eigenvalue weighted by Crippen LogP contribution is -2.48. The number of nitrogens with zero attached hydrogens (tertiary/aromatic N) is 7. The monoisotopic (exact) mass is 929 g/mol. The van der Waals surface area contributed by atoms with E-state index in [1.807, 2.05) is 0 Å². The van der Waals surface area contributed by atoms with Gasteiger partial charge in [-0.2, -0.15) is 4.98 Å². The number of fused-ring (bicyclic) bond motifs is 1. The van der Waals surface area contributed by atoms with Gasteiger partial charge in [0.05, 0.1) is 19.5 Å². The van der Waals surface area contributed by atoms with Gasteiger partial charge in [0, 0.05) is 31.1 Å². The van der Waals surface area contributed by atoms with Gasteiger partial charge in [0.25, 0.3) is 0 Å². The number of imidazole rings is 1. The van der Waals surface area contributed by atoms with Gasteiger partial charge in [0.1, 0.15) is 54.2 Å². The number of allylic oxidation sites excluding steroid dienone is 1. The van der Waals surface area contributed by atoms with Gasteiger partial charge in [-0.15, -0.1) is 6.58 Å². The van der Waals surface area contributed by atoms with E-state index in [0.717, 1.165) is 17.1 Å². The zero-order valence-electron chi connectivity index (χ0n) is 32.4. The summed E-state index contributed by atoms with van der Waals surface area (Å²) < 4.78 is 59.7. The van der Waals surface area contributed by atoms with E-state index in [2.05, 4.69) is 31.0 Å². The van der Waals surface area contributed by atoms with Crippen LogP contribution in [-0.4, -0.2) is 134 Å². The molecule has 5 heterocycles. The van der Waals surface area contributed by atoms with Gasteiger partial charge in [-0.1, -0.05) is 29.8 Å². The number of hydrogen-bond acceptors (Lipinski definition) is 19. The van der Waals surface area contributed by atoms with Crippen LogP contribution in [0.15, 0.2) is 66.6 Å². The summed E-state index contributed by atoms with van der Waals surface area (Å²) in [4.78, 5) is 86.5. The zero-order chi connectivity index (χ0) is 45.1. The summed E-state index contributed by atoms with van der Waals surface area (Å²) in [7, 11) is -9.22. The molecule has 10 atom stereocenters. The number of rotatable bonds is 18. The maximum absolute atomic E-state index is 14.2. The Labute approximate surface area is 355 Å². The van der Waals surface area contributed by atoms with Crippen LogP contribution in [0.5, 0.6) is 0 Å². The lowest BCUT2D eigenvalue weighted by Gasteiger charge is -2.30. The first kappa shape index (κ1) is 46.8. The Morgan fingerprint density at radius 3 is 2.37 bits per heavy atom. The number of carbonyl (C=O) groups excluding carboxylic acids is 2. The average Bonchev–Trinajstić information content (AvgIpc) is 3.87. The standard InChI is InChI=1S/C34H42ClN9O16P2/c1-3-4-8-23(45)42(2)19(12-17-6-5-7-18(35)11-17)33(48)59-27-20(57-32(25(27)46)44-16-40-24-29(37)38-15-39-30(24)44)14-56-62(53,54)60-28-21(13-55-61(50,51)52)58-31(26(28)47)43-10-9-22(36)41-34(43)49/h3,5-7,9-11,15-16,19-21,25-28,31-32,46-47H,1,4,8,12-14H2,2H3,(H,53,54)(H2,36,41,49)(H2,37,38,39)(H2,50,51,52)/t19-,20+,21+,25+,26+,27+,28+,31+,32+/m0/s1. The predicted octanol–water partition coefficient (Wildman–Crippen LogP) is -0.0232. The first-order valence-electron chi connectivity index (χ1n) is 18.4. The molecule has 4 aromatic rings. The third kappa shape index (κ3) is 10.9. The van der Waals surface area contributed by atoms with E-state index in [4.69, 9.17) is 46.3 Å². The number of hydrogen-bond donors (Lipinski definition) is 7. The fraction of sp³-hybridized carbons (Fsp3) is 0.441. The highest BCUT2D eigenvalue weighted by atomic mass is 35.5. The molecule has 0 spiro atoms. The minimum Gasteiger partial charge on any atom is -0.455 e. The number of aliphatic hydroxyl groups is 2. The molecule has 28 heteroatoms. The Bertz CT molecular complexity index is 2440. The molecule has 2 fully saturated rings. The van der Waals surface area contributed by atoms with E-state index in [-0.39, 0.29) is 35.6 Å². The van der Waals surface area contributed by atoms with Crippen LogP contribution in [0.4, 0.5) is 11.6 Å². The highest BCUT2D eigenvalue weighted by molar-refractivity contribution is 7.47. The summed E-state index contributed by atoms with van der Waals surface area (Å²) in [5, 5.41) is 23.3. The molecule has 1 aromatic carbocycles. The molecule has 2 saturated heterocycles. The normalized spacial score (nSPS) is 25.3. The first-order chi connectivity index (χ1) is 29.3. The van der Waals surface area contributed by atoms with Crippen molar-refractivity contribution >= 4 is 61.9 Å². The Balaban J connectivity index is 1.27. The second-order valence-corrected chi connectivity index (χ2v) is 17.0. The van der Waals surface area contributed by atoms with E-state index in [0.29, 0.717) is 17.0 Å². The summed E-state index contributed by atoms with van der Waals surface area (Å²) in [5.74, 6) is -1.68. The molecular formula is C34H42ClN9O16P2. The molecule has 1 amide bonds. The highest BCUT2D eigenvalue weighted by Crippen LogP contribution is 2.50. The Hall–Kier alpha value is -4.72. The Morgan fingerprint density at radius 2 is 1.69 bits per heavy atom. The van der Waals surface area contributed by atoms with Crippen LogP contribution < -0.4 is 17.2 Å². The lowest BCUT2D eigenvalue weighted by molar-refractivity contribution is -0.165. The summed E-state index contributed by atoms with van der Waals surface area (Å²) in [6.07, 6.45) is -8.79. The van der Waals surface area contributed by atoms with Crippen molar-refractivity contribution in [3.8, 4) is 0 Å². The number of amides is 1. The molecule has 336 valence electrons. The average molecular weight is 930 g/mol. The number of nitrogens with two attached hydrogens (primary N) is 2. The number of benzene rings is 1. The maximum Gasteiger partial charge on any atom is 0.472 e. The van der Waals surface area contributed by atoms with Crippen molar-refractivity contribution in [2.75, 3.05) is 31.7 Å². The first-order valence-corrected chi connectivity index (χ1v) is 21.8. The second-order valence-electron chi connectivity index (χ2n) is 13.9. The van der Waals surface area contributed by atoms with Crippen molar-refractivity contribution in [3.05, 3.63) is 82.9 Å². The van der Waals surface area contributed by atoms with E-state index in [1.165, 1.54) is 35.0 Å². The fourth-order valence-corrected chi connectivity index (χ4v) is 8.21. The number of nitrogen functional groups attached to an aromatic ring is 2. The topological polar surface area (TPSA) is 359 Å². The Morgan fingerprint density at radius 1 is 1.02 bits per heavy atom. The van der Waals surface area contributed by atoms with E-state index < -0.39 is 102 Å². The Kier molecular flexibility index (Phi) is 14.6. The lowest BCUT2D eigenvalue weighted by atomic mass is 10.0. The summed E-state index contributed by atoms with van der Waals surface area (Å²) in [6.45, 7) is 1.63. The van der Waals surface area contributed by atoms with Crippen molar-refractivity contribution in [1.82, 2.24) is 34.0 Å². The molecule has 3 aromatic heterocycles. The van der Waals surface area contributed by atoms with Crippen molar-refractivity contribution in [2.45, 2.75) is 74.4 Å². The third-order valence-corrected chi connectivity index (χ3v) is 11.4. The molecule has 0 saturated carbocycles. The van der Waals surface area contributed by atoms with Crippen LogP contribution in [0.2, 0.25) is 5.02 Å². The van der Waals surface area contributed by atoms with Crippen molar-refractivity contribution in [3.63, 3.8) is 0 Å². The largest absolute Gasteiger partial charge is 0.472 e. The van der Waals surface area contributed by atoms with Crippen LogP contribution in [0.1, 0.15) is 30.9 Å². The van der Waals surface area contributed by atoms with Gasteiger partial charge < -0.3 is 55.5 Å². The maximum atomic E-state index is 14.2. The molecule has 0 radical (unpaired) electrons. The number of aromatic nitrogens is 6. The van der Waals surface area contributed by atoms with Gasteiger partial charge in [-0.05, 0) is 30.2 Å². The van der Waals surface area contributed by atoms with Crippen molar-refractivity contribution in [1.29, 1.82) is 0 Å². The van der Waals surface area contributed by atoms with E-state index >= 15 is 0 Å². The number of esters is 1. The third-order valence-electron chi connectivity index (χ3n) is 9.74. The van der Waals surface area contributed by atoms with Crippen LogP contribution in [-0.2, 0) is 52.9 Å². The number of carbonyl (C=O) groups is 2. The molecule has 2 aliphatic rings. The predicted molar refractivity (Wildman–Crippen MR) is 212 cm³/mol. The van der Waals surface area contributed by atoms with Gasteiger partial charge in [0.2, 0.25) is 5.91 Å². The molecule has 25 nitrogen and oxygen atoms in total. The number of halogens is 1. The highest BCUT2D eigenvalue weighted by Gasteiger charge is 2.52. The van der Waals surface area contributed by atoms with Crippen LogP contribution in [0, 0.1) is 0 Å². The summed E-state index contributed by atoms with van der Waals surface area (Å²) in [6, 6.07) is 6.39. The summed E-state index contributed by atoms with van der Waals surface area (Å²) >= 11 is 6.20. The van der Waals surface area contributed by atoms with Crippen molar-refractivity contribution in [2.24, 2.45) is 0 Å². The van der Waals surface area contributed by atoms with Gasteiger partial charge >= 0.3 is 27.3 Å². The van der Waals surface area contributed by atoms with Crippen LogP contribution in [0.3, 0.4) is 0 Å². The van der Waals surface area contributed by atoms with Gasteiger partial charge in [-0.25, -0.2) is 33.7 Å². The van der Waals surface area contributed by atoms with E-state index in [1.54, 1.807) is 24.3 Å². The molecule has 6 rings (SSSR count). The SMILES string of the molecule is C=CCCC(=O)N(C)[C@@H](Cc1cccc(Cl)c1)C(=O)O[C@H]1[C@@H](O)[C@H](n2cnc3c(N)ncnc32)O[C@@H]1COP(=O)(O)O[C@H]1[C@@H](O)[C@H](n2ccc(N)nc2=O)O[C@@H]1COP(=O)(O)O. The van der Waals surface area contributed by atoms with Crippen molar-refractivity contribution < 1.29 is 71.4 Å². The molecule has 1 unspecified atom stereocenters. The minimum atomic E-state index is -5.43. The summed E-state index contributed by atoms with van der Waals surface area (Å²) in [5.41, 5.74) is 11.2. The number of likely N-dealkylation sites (N-methyl/N-ethyl adjacent to an activating group) is 1. The van der Waals surface area contributed by atoms with Crippen LogP contribution in [0.25, 0.3) is 11.2 Å². The van der Waals surface area contributed by atoms with E-state index in [9.17, 15) is 48.4 Å². The number of phosphoric ester groups is 2. The number of phosphoric acid groups is 2. The second kappa shape index (κ2) is 19.3. The number of aliphatic hydroxyl groups excluding tert-OH is 2. The number of ether oxygens (including phenoxy) is 3. The smallest absolute Gasteiger partial charge is 0.455 e.